The third kappa shape index (κ3) is 8.33. The van der Waals surface area contributed by atoms with Crippen LogP contribution in [-0.2, 0) is 20.1 Å². The largest absolute Gasteiger partial charge is 0.495 e. The van der Waals surface area contributed by atoms with Gasteiger partial charge in [-0.3, -0.25) is 0 Å². The number of hydrogen-bond donors (Lipinski definition) is 0. The van der Waals surface area contributed by atoms with Gasteiger partial charge in [-0.2, -0.15) is 0 Å². The second-order valence-electron chi connectivity index (χ2n) is 27.2. The molecule has 1 saturated heterocycles. The third-order valence-electron chi connectivity index (χ3n) is 21.0. The summed E-state index contributed by atoms with van der Waals surface area (Å²) in [6, 6.07) is 88.4. The van der Waals surface area contributed by atoms with Crippen LogP contribution in [0.4, 0.5) is 0 Å². The topological polar surface area (TPSA) is 18.5 Å². The average molecular weight is 1370 g/mol. The van der Waals surface area contributed by atoms with Crippen LogP contribution in [0.15, 0.2) is 237 Å². The molecule has 0 unspecified atom stereocenters. The average Bonchev–Trinajstić information content (AvgIpc) is 1.76. The zero-order valence-corrected chi connectivity index (χ0v) is 55.5. The van der Waals surface area contributed by atoms with E-state index in [4.69, 9.17) is 9.31 Å². The van der Waals surface area contributed by atoms with Crippen molar-refractivity contribution in [2.24, 2.45) is 0 Å². The normalized spacial score (nSPS) is 15.8. The van der Waals surface area contributed by atoms with Gasteiger partial charge in [0.15, 0.2) is 0 Å². The Morgan fingerprint density at radius 2 is 0.551 bits per heavy atom. The molecule has 2 nitrogen and oxygen atoms in total. The highest BCUT2D eigenvalue weighted by molar-refractivity contribution is 14.1. The highest BCUT2D eigenvalue weighted by Gasteiger charge is 2.52. The van der Waals surface area contributed by atoms with E-state index in [9.17, 15) is 0 Å². The molecule has 1 heterocycles. The molecule has 0 bridgehead atoms. The van der Waals surface area contributed by atoms with Crippen LogP contribution in [0.25, 0.3) is 141 Å². The lowest BCUT2D eigenvalue weighted by Gasteiger charge is -2.32. The van der Waals surface area contributed by atoms with Crippen molar-refractivity contribution in [3.8, 4) is 44.5 Å². The van der Waals surface area contributed by atoms with Crippen LogP contribution in [-0.4, -0.2) is 18.3 Å². The lowest BCUT2D eigenvalue weighted by atomic mass is 9.74. The molecule has 5 heteroatoms. The summed E-state index contributed by atoms with van der Waals surface area (Å²) in [5, 5.41) is 23.7. The van der Waals surface area contributed by atoms with Gasteiger partial charge in [0.05, 0.1) is 11.2 Å². The maximum absolute atomic E-state index is 6.32. The Bertz CT molecular complexity index is 5300. The number of benzene rings is 16. The van der Waals surface area contributed by atoms with Gasteiger partial charge in [0.2, 0.25) is 0 Å². The van der Waals surface area contributed by atoms with Gasteiger partial charge in [0.25, 0.3) is 0 Å². The molecule has 0 spiro atoms. The Labute approximate surface area is 547 Å². The first-order valence-electron chi connectivity index (χ1n) is 31.2. The Balaban J connectivity index is 0.000000121. The first kappa shape index (κ1) is 55.2. The van der Waals surface area contributed by atoms with Crippen LogP contribution in [0.5, 0.6) is 0 Å². The van der Waals surface area contributed by atoms with E-state index in [2.05, 4.69) is 337 Å². The van der Waals surface area contributed by atoms with Crippen molar-refractivity contribution in [1.29, 1.82) is 0 Å². The predicted octanol–water partition coefficient (Wildman–Crippen LogP) is 23.2. The van der Waals surface area contributed by atoms with E-state index < -0.39 is 0 Å². The number of rotatable bonds is 3. The van der Waals surface area contributed by atoms with Crippen molar-refractivity contribution < 1.29 is 9.31 Å². The molecular weight excluding hydrogens is 1310 g/mol. The van der Waals surface area contributed by atoms with Crippen LogP contribution >= 0.6 is 45.2 Å². The smallest absolute Gasteiger partial charge is 0.399 e. The molecule has 89 heavy (non-hydrogen) atoms. The lowest BCUT2D eigenvalue weighted by molar-refractivity contribution is 0.00578. The Kier molecular flexibility index (Phi) is 12.3. The lowest BCUT2D eigenvalue weighted by Crippen LogP contribution is -2.41. The highest BCUT2D eigenvalue weighted by Crippen LogP contribution is 2.53. The molecule has 16 aromatic rings. The van der Waals surface area contributed by atoms with E-state index >= 15 is 0 Å². The molecule has 0 radical (unpaired) electrons. The fraction of sp³-hybridized carbons (Fsp3) is 0.143. The molecule has 3 aliphatic rings. The van der Waals surface area contributed by atoms with Crippen LogP contribution < -0.4 is 5.46 Å². The van der Waals surface area contributed by atoms with Crippen molar-refractivity contribution >= 4 is 155 Å². The molecule has 0 atom stereocenters. The van der Waals surface area contributed by atoms with Gasteiger partial charge < -0.3 is 9.31 Å². The van der Waals surface area contributed by atoms with Gasteiger partial charge in [-0.25, -0.2) is 0 Å². The van der Waals surface area contributed by atoms with Gasteiger partial charge in [-0.1, -0.05) is 228 Å². The van der Waals surface area contributed by atoms with E-state index in [1.807, 2.05) is 0 Å². The molecule has 16 aromatic carbocycles. The SMILES string of the molecule is CC1(C)OB(c2ccc3ccc4cccc5ccc2c3c45)OC1(C)C.CC1(C)c2cc(-c3ccc4ccc5cccc6ccc3c4c56)ccc2-c2ccc(-c3ccc4ccc5cccc6ccc3c4c56)cc21.CC1(C)c2cc(I)ccc2-c2ccc(I)cc21. The van der Waals surface area contributed by atoms with Crippen molar-refractivity contribution in [3.63, 3.8) is 0 Å². The van der Waals surface area contributed by atoms with Crippen molar-refractivity contribution in [2.75, 3.05) is 0 Å². The summed E-state index contributed by atoms with van der Waals surface area (Å²) in [6.45, 7) is 17.9. The molecule has 19 rings (SSSR count). The standard InChI is InChI=1S/C47H30.C22H21BO2.C15H12I2/c1-47(2)41-25-33(35-19-13-31-11-9-27-5-3-7-29-15-23-39(35)45(31)43(27)29)17-21-37(41)38-22-18-34(26-42(38)47)36-20-14-32-12-10-28-6-4-8-30-16-24-40(36)46(32)44(28)30;1-21(2)22(3,4)25-23(24-21)18-13-11-16-9-8-14-6-5-7-15-10-12-17(18)20(16)19(14)15;1-15(2)13-7-9(16)3-5-11(13)12-6-4-10(17)8-14(12)15/h3-26H,1-2H3;5-13H,1-4H3;3-8H,1-2H3. The van der Waals surface area contributed by atoms with Gasteiger partial charge in [0.1, 0.15) is 0 Å². The molecule has 0 saturated carbocycles. The van der Waals surface area contributed by atoms with E-state index in [1.54, 1.807) is 0 Å². The summed E-state index contributed by atoms with van der Waals surface area (Å²) < 4.78 is 15.3. The van der Waals surface area contributed by atoms with E-state index in [-0.39, 0.29) is 29.2 Å². The van der Waals surface area contributed by atoms with Crippen LogP contribution in [0.1, 0.15) is 77.6 Å². The predicted molar refractivity (Wildman–Crippen MR) is 398 cm³/mol. The maximum Gasteiger partial charge on any atom is 0.495 e. The van der Waals surface area contributed by atoms with Gasteiger partial charge in [0, 0.05) is 18.0 Å². The zero-order valence-electron chi connectivity index (χ0n) is 51.2. The quantitative estimate of drug-likeness (QED) is 0.0997. The van der Waals surface area contributed by atoms with E-state index in [0.717, 1.165) is 5.46 Å². The fourth-order valence-corrected chi connectivity index (χ4v) is 16.6. The van der Waals surface area contributed by atoms with Gasteiger partial charge >= 0.3 is 7.12 Å². The maximum atomic E-state index is 6.32. The summed E-state index contributed by atoms with van der Waals surface area (Å²) in [4.78, 5) is 0. The summed E-state index contributed by atoms with van der Waals surface area (Å²) in [6.07, 6.45) is 0. The van der Waals surface area contributed by atoms with E-state index in [0.29, 0.717) is 0 Å². The highest BCUT2D eigenvalue weighted by atomic mass is 127. The molecule has 2 aliphatic carbocycles. The monoisotopic (exact) mass is 1370 g/mol. The number of fused-ring (bicyclic) bond motifs is 6. The number of halogens is 2. The van der Waals surface area contributed by atoms with Gasteiger partial charge in [-0.05, 0) is 278 Å². The van der Waals surface area contributed by atoms with Crippen LogP contribution in [0, 0.1) is 7.14 Å². The first-order chi connectivity index (χ1) is 42.9. The second kappa shape index (κ2) is 19.8. The molecular formula is C84H63BI2O2. The third-order valence-corrected chi connectivity index (χ3v) is 22.4. The Hall–Kier alpha value is -7.92. The van der Waals surface area contributed by atoms with Crippen molar-refractivity contribution in [3.05, 3.63) is 266 Å². The summed E-state index contributed by atoms with van der Waals surface area (Å²) in [5.41, 5.74) is 16.9. The number of hydrogen-bond acceptors (Lipinski definition) is 2. The molecule has 0 N–H and O–H groups in total. The Morgan fingerprint density at radius 1 is 0.270 bits per heavy atom. The van der Waals surface area contributed by atoms with Crippen LogP contribution in [0.2, 0.25) is 0 Å². The van der Waals surface area contributed by atoms with E-state index in [1.165, 1.54) is 171 Å². The Morgan fingerprint density at radius 3 is 0.933 bits per heavy atom. The van der Waals surface area contributed by atoms with Crippen molar-refractivity contribution in [2.45, 2.75) is 77.4 Å². The minimum atomic E-state index is -0.338. The van der Waals surface area contributed by atoms with Crippen LogP contribution in [0.3, 0.4) is 0 Å². The zero-order chi connectivity index (χ0) is 60.6. The minimum Gasteiger partial charge on any atom is -0.399 e. The summed E-state index contributed by atoms with van der Waals surface area (Å²) in [5.74, 6) is 0. The molecule has 428 valence electrons. The fourth-order valence-electron chi connectivity index (χ4n) is 15.7. The van der Waals surface area contributed by atoms with Gasteiger partial charge in [-0.15, -0.1) is 0 Å². The first-order valence-corrected chi connectivity index (χ1v) is 33.3. The molecule has 0 amide bonds. The summed E-state index contributed by atoms with van der Waals surface area (Å²) >= 11 is 4.79. The summed E-state index contributed by atoms with van der Waals surface area (Å²) in [7, 11) is -0.338. The minimum absolute atomic E-state index is 0.121. The molecule has 0 aromatic heterocycles. The second-order valence-corrected chi connectivity index (χ2v) is 29.7. The van der Waals surface area contributed by atoms with Crippen molar-refractivity contribution in [1.82, 2.24) is 0 Å². The molecule has 1 fully saturated rings. The molecule has 1 aliphatic heterocycles.